The van der Waals surface area contributed by atoms with Gasteiger partial charge in [-0.15, -0.1) is 0 Å². The maximum absolute atomic E-state index is 13.8. The van der Waals surface area contributed by atoms with E-state index in [2.05, 4.69) is 4.98 Å². The number of ether oxygens (including phenoxy) is 1. The quantitative estimate of drug-likeness (QED) is 0.794. The van der Waals surface area contributed by atoms with Crippen LogP contribution in [-0.2, 0) is 6.54 Å². The summed E-state index contributed by atoms with van der Waals surface area (Å²) < 4.78 is 20.7. The van der Waals surface area contributed by atoms with E-state index >= 15 is 0 Å². The van der Waals surface area contributed by atoms with Crippen LogP contribution in [0.3, 0.4) is 0 Å². The van der Waals surface area contributed by atoms with Crippen LogP contribution >= 0.6 is 0 Å². The molecule has 2 aromatic rings. The first-order chi connectivity index (χ1) is 7.72. The minimum Gasteiger partial charge on any atom is -0.494 e. The van der Waals surface area contributed by atoms with Crippen molar-refractivity contribution < 1.29 is 9.13 Å². The van der Waals surface area contributed by atoms with Crippen molar-refractivity contribution in [1.82, 2.24) is 9.55 Å². The van der Waals surface area contributed by atoms with Gasteiger partial charge < -0.3 is 9.30 Å². The van der Waals surface area contributed by atoms with Crippen LogP contribution in [0.5, 0.6) is 5.75 Å². The van der Waals surface area contributed by atoms with Crippen molar-refractivity contribution in [3.05, 3.63) is 47.8 Å². The van der Waals surface area contributed by atoms with Gasteiger partial charge in [-0.25, -0.2) is 9.37 Å². The summed E-state index contributed by atoms with van der Waals surface area (Å²) in [4.78, 5) is 4.09. The maximum atomic E-state index is 13.8. The molecule has 0 spiro atoms. The van der Waals surface area contributed by atoms with Crippen LogP contribution in [0.1, 0.15) is 11.4 Å². The number of hydrogen-bond acceptors (Lipinski definition) is 2. The molecule has 2 rings (SSSR count). The smallest absolute Gasteiger partial charge is 0.170 e. The second-order valence-electron chi connectivity index (χ2n) is 3.54. The van der Waals surface area contributed by atoms with Crippen LogP contribution in [0, 0.1) is 12.7 Å². The molecule has 0 saturated carbocycles. The van der Waals surface area contributed by atoms with E-state index in [1.165, 1.54) is 7.11 Å². The molecule has 0 saturated heterocycles. The lowest BCUT2D eigenvalue weighted by molar-refractivity contribution is 0.383. The average molecular weight is 220 g/mol. The number of nitrogens with zero attached hydrogens (tertiary/aromatic N) is 2. The highest BCUT2D eigenvalue weighted by molar-refractivity contribution is 5.31. The molecule has 1 aromatic carbocycles. The summed E-state index contributed by atoms with van der Waals surface area (Å²) in [6.07, 6.45) is 3.53. The Hall–Kier alpha value is -1.84. The van der Waals surface area contributed by atoms with Crippen molar-refractivity contribution in [2.45, 2.75) is 13.5 Å². The summed E-state index contributed by atoms with van der Waals surface area (Å²) in [5.41, 5.74) is 0.598. The predicted octanol–water partition coefficient (Wildman–Crippen LogP) is 2.39. The van der Waals surface area contributed by atoms with E-state index in [0.717, 1.165) is 5.82 Å². The van der Waals surface area contributed by atoms with Crippen molar-refractivity contribution in [3.8, 4) is 5.75 Å². The van der Waals surface area contributed by atoms with Crippen molar-refractivity contribution >= 4 is 0 Å². The van der Waals surface area contributed by atoms with E-state index < -0.39 is 0 Å². The van der Waals surface area contributed by atoms with Gasteiger partial charge in [0.25, 0.3) is 0 Å². The van der Waals surface area contributed by atoms with Crippen LogP contribution in [0.4, 0.5) is 4.39 Å². The Morgan fingerprint density at radius 1 is 1.44 bits per heavy atom. The number of methoxy groups -OCH3 is 1. The largest absolute Gasteiger partial charge is 0.494 e. The molecule has 0 bridgehead atoms. The van der Waals surface area contributed by atoms with Gasteiger partial charge >= 0.3 is 0 Å². The number of aryl methyl sites for hydroxylation is 1. The number of benzene rings is 1. The summed E-state index contributed by atoms with van der Waals surface area (Å²) >= 11 is 0. The van der Waals surface area contributed by atoms with Crippen LogP contribution in [0.25, 0.3) is 0 Å². The molecule has 0 aliphatic rings. The monoisotopic (exact) mass is 220 g/mol. The third-order valence-electron chi connectivity index (χ3n) is 2.53. The molecular formula is C12H13FN2O. The molecule has 1 aromatic heterocycles. The highest BCUT2D eigenvalue weighted by Gasteiger charge is 2.09. The van der Waals surface area contributed by atoms with Crippen molar-refractivity contribution in [2.24, 2.45) is 0 Å². The fraction of sp³-hybridized carbons (Fsp3) is 0.250. The molecule has 4 heteroatoms. The molecule has 16 heavy (non-hydrogen) atoms. The van der Waals surface area contributed by atoms with E-state index in [0.29, 0.717) is 12.1 Å². The summed E-state index contributed by atoms with van der Waals surface area (Å²) in [5.74, 6) is 0.829. The third kappa shape index (κ3) is 1.91. The van der Waals surface area contributed by atoms with Gasteiger partial charge in [-0.05, 0) is 13.0 Å². The number of aromatic nitrogens is 2. The molecule has 0 atom stereocenters. The molecule has 0 fully saturated rings. The van der Waals surface area contributed by atoms with E-state index in [1.807, 2.05) is 17.7 Å². The van der Waals surface area contributed by atoms with Crippen molar-refractivity contribution in [1.29, 1.82) is 0 Å². The SMILES string of the molecule is COc1cccc(Cn2ccnc2C)c1F. The Morgan fingerprint density at radius 3 is 2.88 bits per heavy atom. The molecule has 0 aliphatic heterocycles. The molecule has 0 aliphatic carbocycles. The average Bonchev–Trinajstić information content (AvgIpc) is 2.68. The van der Waals surface area contributed by atoms with Gasteiger partial charge in [0, 0.05) is 18.0 Å². The topological polar surface area (TPSA) is 27.1 Å². The zero-order valence-electron chi connectivity index (χ0n) is 9.27. The van der Waals surface area contributed by atoms with Gasteiger partial charge in [-0.1, -0.05) is 12.1 Å². The normalized spacial score (nSPS) is 10.4. The first-order valence-electron chi connectivity index (χ1n) is 5.01. The number of rotatable bonds is 3. The van der Waals surface area contributed by atoms with E-state index in [9.17, 15) is 4.39 Å². The fourth-order valence-electron chi connectivity index (χ4n) is 1.59. The maximum Gasteiger partial charge on any atom is 0.170 e. The van der Waals surface area contributed by atoms with E-state index in [-0.39, 0.29) is 11.6 Å². The third-order valence-corrected chi connectivity index (χ3v) is 2.53. The molecule has 0 N–H and O–H groups in total. The van der Waals surface area contributed by atoms with Gasteiger partial charge in [0.15, 0.2) is 11.6 Å². The van der Waals surface area contributed by atoms with Crippen LogP contribution in [0.15, 0.2) is 30.6 Å². The van der Waals surface area contributed by atoms with Crippen LogP contribution in [0.2, 0.25) is 0 Å². The number of halogens is 1. The van der Waals surface area contributed by atoms with Crippen molar-refractivity contribution in [2.75, 3.05) is 7.11 Å². The molecule has 0 unspecified atom stereocenters. The second kappa shape index (κ2) is 4.35. The molecule has 84 valence electrons. The predicted molar refractivity (Wildman–Crippen MR) is 59.0 cm³/mol. The summed E-state index contributed by atoms with van der Waals surface area (Å²) in [7, 11) is 1.46. The molecule has 0 amide bonds. The number of imidazole rings is 1. The Labute approximate surface area is 93.5 Å². The molecule has 3 nitrogen and oxygen atoms in total. The zero-order valence-corrected chi connectivity index (χ0v) is 9.27. The standard InChI is InChI=1S/C12H13FN2O/c1-9-14-6-7-15(9)8-10-4-3-5-11(16-2)12(10)13/h3-7H,8H2,1-2H3. The van der Waals surface area contributed by atoms with Crippen LogP contribution in [-0.4, -0.2) is 16.7 Å². The summed E-state index contributed by atoms with van der Waals surface area (Å²) in [6.45, 7) is 2.35. The minimum atomic E-state index is -0.307. The highest BCUT2D eigenvalue weighted by atomic mass is 19.1. The molecular weight excluding hydrogens is 207 g/mol. The summed E-state index contributed by atoms with van der Waals surface area (Å²) in [5, 5.41) is 0. The van der Waals surface area contributed by atoms with Gasteiger partial charge in [0.05, 0.1) is 13.7 Å². The fourth-order valence-corrected chi connectivity index (χ4v) is 1.59. The summed E-state index contributed by atoms with van der Waals surface area (Å²) in [6, 6.07) is 5.14. The highest BCUT2D eigenvalue weighted by Crippen LogP contribution is 2.20. The van der Waals surface area contributed by atoms with Crippen molar-refractivity contribution in [3.63, 3.8) is 0 Å². The number of hydrogen-bond donors (Lipinski definition) is 0. The zero-order chi connectivity index (χ0) is 11.5. The van der Waals surface area contributed by atoms with Gasteiger partial charge in [0.2, 0.25) is 0 Å². The van der Waals surface area contributed by atoms with E-state index in [1.54, 1.807) is 24.4 Å². The van der Waals surface area contributed by atoms with Gasteiger partial charge in [-0.3, -0.25) is 0 Å². The van der Waals surface area contributed by atoms with Gasteiger partial charge in [0.1, 0.15) is 5.82 Å². The minimum absolute atomic E-state index is 0.273. The van der Waals surface area contributed by atoms with Gasteiger partial charge in [-0.2, -0.15) is 0 Å². The Balaban J connectivity index is 2.32. The Kier molecular flexibility index (Phi) is 2.90. The lowest BCUT2D eigenvalue weighted by Crippen LogP contribution is -2.03. The first-order valence-corrected chi connectivity index (χ1v) is 5.01. The first kappa shape index (κ1) is 10.7. The lowest BCUT2D eigenvalue weighted by atomic mass is 10.2. The van der Waals surface area contributed by atoms with Crippen LogP contribution < -0.4 is 4.74 Å². The van der Waals surface area contributed by atoms with E-state index in [4.69, 9.17) is 4.74 Å². The second-order valence-corrected chi connectivity index (χ2v) is 3.54. The Morgan fingerprint density at radius 2 is 2.25 bits per heavy atom. The lowest BCUT2D eigenvalue weighted by Gasteiger charge is -2.09. The molecule has 0 radical (unpaired) electrons. The Bertz CT molecular complexity index is 494. The molecule has 1 heterocycles.